The molecule has 0 fully saturated rings. The van der Waals surface area contributed by atoms with Crippen LogP contribution in [0.2, 0.25) is 8.45 Å². The van der Waals surface area contributed by atoms with Crippen LogP contribution in [-0.2, 0) is 17.9 Å². The van der Waals surface area contributed by atoms with E-state index in [0.29, 0.717) is 8.45 Å². The maximum atomic E-state index is 2.38. The Morgan fingerprint density at radius 3 is 1.59 bits per heavy atom. The Morgan fingerprint density at radius 2 is 1.12 bits per heavy atom. The zero-order valence-electron chi connectivity index (χ0n) is 9.66. The fourth-order valence-electron chi connectivity index (χ4n) is 2.52. The van der Waals surface area contributed by atoms with Crippen LogP contribution < -0.4 is 3.87 Å². The predicted molar refractivity (Wildman–Crippen MR) is 70.1 cm³/mol. The van der Waals surface area contributed by atoms with Gasteiger partial charge in [0.25, 0.3) is 0 Å². The van der Waals surface area contributed by atoms with Gasteiger partial charge < -0.3 is 0 Å². The van der Waals surface area contributed by atoms with Gasteiger partial charge in [0.1, 0.15) is 0 Å². The summed E-state index contributed by atoms with van der Waals surface area (Å²) in [5, 5.41) is 0. The van der Waals surface area contributed by atoms with E-state index in [9.17, 15) is 0 Å². The van der Waals surface area contributed by atoms with Crippen LogP contribution in [0.5, 0.6) is 0 Å². The molecule has 0 aromatic heterocycles. The van der Waals surface area contributed by atoms with Gasteiger partial charge in [0, 0.05) is 0 Å². The summed E-state index contributed by atoms with van der Waals surface area (Å²) in [4.78, 5) is 0. The standard InChI is InChI=1S/C6H5.2C5H5.Ti/c1-2-4-6-5-3-1;2*1-2-4-5-3-1;/h1-5H;2*1-5H;. The van der Waals surface area contributed by atoms with Gasteiger partial charge in [-0.15, -0.1) is 0 Å². The van der Waals surface area contributed by atoms with E-state index < -0.39 is 17.9 Å². The monoisotopic (exact) mass is 255 g/mol. The number of benzene rings is 1. The van der Waals surface area contributed by atoms with Gasteiger partial charge in [-0.2, -0.15) is 0 Å². The molecule has 2 aliphatic carbocycles. The van der Waals surface area contributed by atoms with Crippen molar-refractivity contribution in [2.24, 2.45) is 0 Å². The van der Waals surface area contributed by atoms with E-state index in [2.05, 4.69) is 78.9 Å². The van der Waals surface area contributed by atoms with Gasteiger partial charge >= 0.3 is 109 Å². The average Bonchev–Trinajstić information content (AvgIpc) is 3.04. The zero-order chi connectivity index (χ0) is 11.5. The molecule has 2 aliphatic rings. The Labute approximate surface area is 109 Å². The molecule has 0 heterocycles. The summed E-state index contributed by atoms with van der Waals surface area (Å²) in [6.45, 7) is 0. The Hall–Kier alpha value is -1.11. The fourth-order valence-corrected chi connectivity index (χ4v) is 7.30. The van der Waals surface area contributed by atoms with Crippen LogP contribution in [0, 0.1) is 0 Å². The molecule has 0 saturated heterocycles. The second-order valence-electron chi connectivity index (χ2n) is 4.41. The van der Waals surface area contributed by atoms with Crippen LogP contribution in [0.3, 0.4) is 0 Å². The molecule has 0 atom stereocenters. The van der Waals surface area contributed by atoms with Crippen molar-refractivity contribution in [3.63, 3.8) is 0 Å². The first-order valence-corrected chi connectivity index (χ1v) is 8.66. The predicted octanol–water partition coefficient (Wildman–Crippen LogP) is 3.76. The van der Waals surface area contributed by atoms with Crippen LogP contribution in [0.4, 0.5) is 0 Å². The number of rotatable bonds is 3. The Bertz CT molecular complexity index is 442. The SMILES string of the molecule is C1=C[CH]([Ti]([c]2ccccc2)[CH]2C=CC=C2)C=C1. The molecule has 0 N–H and O–H groups in total. The number of hydrogen-bond donors (Lipinski definition) is 0. The van der Waals surface area contributed by atoms with Crippen LogP contribution >= 0.6 is 0 Å². The molecule has 0 spiro atoms. The van der Waals surface area contributed by atoms with Crippen LogP contribution in [0.1, 0.15) is 0 Å². The van der Waals surface area contributed by atoms with Crippen molar-refractivity contribution in [1.29, 1.82) is 0 Å². The summed E-state index contributed by atoms with van der Waals surface area (Å²) >= 11 is -1.36. The normalized spacial score (nSPS) is 18.4. The molecule has 0 saturated carbocycles. The van der Waals surface area contributed by atoms with Gasteiger partial charge in [0.2, 0.25) is 0 Å². The van der Waals surface area contributed by atoms with Gasteiger partial charge in [0.15, 0.2) is 0 Å². The second kappa shape index (κ2) is 5.04. The van der Waals surface area contributed by atoms with Crippen molar-refractivity contribution in [1.82, 2.24) is 0 Å². The Morgan fingerprint density at radius 1 is 0.647 bits per heavy atom. The molecule has 17 heavy (non-hydrogen) atoms. The molecule has 0 amide bonds. The molecule has 83 valence electrons. The first-order valence-electron chi connectivity index (χ1n) is 6.07. The summed E-state index contributed by atoms with van der Waals surface area (Å²) < 4.78 is 2.97. The van der Waals surface area contributed by atoms with Gasteiger partial charge in [-0.3, -0.25) is 0 Å². The number of hydrogen-bond acceptors (Lipinski definition) is 0. The third-order valence-electron chi connectivity index (χ3n) is 3.32. The van der Waals surface area contributed by atoms with Gasteiger partial charge in [0.05, 0.1) is 0 Å². The fraction of sp³-hybridized carbons (Fsp3) is 0.125. The maximum absolute atomic E-state index is 2.38. The van der Waals surface area contributed by atoms with Crippen molar-refractivity contribution < 1.29 is 17.9 Å². The summed E-state index contributed by atoms with van der Waals surface area (Å²) in [5.74, 6) is 0. The first kappa shape index (κ1) is 11.0. The summed E-state index contributed by atoms with van der Waals surface area (Å²) in [7, 11) is 0. The van der Waals surface area contributed by atoms with Crippen LogP contribution in [0.15, 0.2) is 78.9 Å². The molecule has 1 aromatic carbocycles. The third kappa shape index (κ3) is 2.29. The van der Waals surface area contributed by atoms with Gasteiger partial charge in [-0.05, 0) is 0 Å². The molecule has 0 aliphatic heterocycles. The molecule has 1 heteroatoms. The van der Waals surface area contributed by atoms with Crippen LogP contribution in [-0.4, -0.2) is 0 Å². The van der Waals surface area contributed by atoms with Crippen molar-refractivity contribution in [3.05, 3.63) is 78.9 Å². The van der Waals surface area contributed by atoms with Crippen molar-refractivity contribution in [2.45, 2.75) is 8.45 Å². The topological polar surface area (TPSA) is 0 Å². The van der Waals surface area contributed by atoms with E-state index in [0.717, 1.165) is 0 Å². The van der Waals surface area contributed by atoms with Crippen molar-refractivity contribution in [3.8, 4) is 0 Å². The summed E-state index contributed by atoms with van der Waals surface area (Å²) in [6, 6.07) is 11.1. The molecule has 0 bridgehead atoms. The molecule has 0 unspecified atom stereocenters. The van der Waals surface area contributed by atoms with Gasteiger partial charge in [-0.1, -0.05) is 0 Å². The summed E-state index contributed by atoms with van der Waals surface area (Å²) in [5.41, 5.74) is 0. The molecule has 3 rings (SSSR count). The molecule has 1 aromatic rings. The minimum atomic E-state index is -1.36. The van der Waals surface area contributed by atoms with E-state index >= 15 is 0 Å². The molecule has 0 radical (unpaired) electrons. The van der Waals surface area contributed by atoms with E-state index in [4.69, 9.17) is 0 Å². The van der Waals surface area contributed by atoms with Crippen molar-refractivity contribution >= 4 is 3.87 Å². The molecular weight excluding hydrogens is 240 g/mol. The van der Waals surface area contributed by atoms with Crippen molar-refractivity contribution in [2.75, 3.05) is 0 Å². The quantitative estimate of drug-likeness (QED) is 0.721. The summed E-state index contributed by atoms with van der Waals surface area (Å²) in [6.07, 6.45) is 18.3. The van der Waals surface area contributed by atoms with E-state index in [1.807, 2.05) is 0 Å². The Balaban J connectivity index is 1.96. The van der Waals surface area contributed by atoms with E-state index in [-0.39, 0.29) is 0 Å². The third-order valence-corrected chi connectivity index (χ3v) is 8.33. The zero-order valence-corrected chi connectivity index (χ0v) is 11.2. The number of allylic oxidation sites excluding steroid dienone is 8. The van der Waals surface area contributed by atoms with Crippen LogP contribution in [0.25, 0.3) is 0 Å². The molecule has 0 nitrogen and oxygen atoms in total. The van der Waals surface area contributed by atoms with E-state index in [1.54, 1.807) is 3.87 Å². The van der Waals surface area contributed by atoms with E-state index in [1.165, 1.54) is 0 Å². The molecular formula is C16H15Ti. The average molecular weight is 255 g/mol. The first-order chi connectivity index (χ1) is 8.45. The Kier molecular flexibility index (Phi) is 3.26. The second-order valence-corrected chi connectivity index (χ2v) is 8.82. The van der Waals surface area contributed by atoms with Gasteiger partial charge in [-0.25, -0.2) is 0 Å². The minimum absolute atomic E-state index is 0.690.